The maximum atomic E-state index is 14.7. The summed E-state index contributed by atoms with van der Waals surface area (Å²) < 4.78 is 112. The van der Waals surface area contributed by atoms with E-state index in [9.17, 15) is 26.5 Å². The first-order valence-corrected chi connectivity index (χ1v) is 60.2. The molecule has 0 bridgehead atoms. The number of hydrogen-bond acceptors (Lipinski definition) is 34. The van der Waals surface area contributed by atoms with Crippen LogP contribution in [-0.2, 0) is 28.3 Å². The van der Waals surface area contributed by atoms with E-state index in [1.165, 1.54) is 58.0 Å². The van der Waals surface area contributed by atoms with E-state index in [0.717, 1.165) is 165 Å². The zero-order chi connectivity index (χ0) is 105. The molecule has 5 fully saturated rings. The van der Waals surface area contributed by atoms with E-state index in [4.69, 9.17) is 51.6 Å². The molecule has 17 rings (SSSR count). The van der Waals surface area contributed by atoms with Crippen LogP contribution in [0.4, 0.5) is 108 Å². The molecular formula is C105H134Cl2FIN23O11P3S. The van der Waals surface area contributed by atoms with Crippen molar-refractivity contribution in [2.75, 3.05) is 253 Å². The smallest absolute Gasteiger partial charge is 0.229 e. The molecule has 5 aliphatic heterocycles. The largest absolute Gasteiger partial charge is 0.495 e. The van der Waals surface area contributed by atoms with Crippen LogP contribution in [0.1, 0.15) is 51.5 Å². The van der Waals surface area contributed by atoms with E-state index in [0.29, 0.717) is 115 Å². The lowest BCUT2D eigenvalue weighted by atomic mass is 10.0. The first-order chi connectivity index (χ1) is 70.4. The van der Waals surface area contributed by atoms with Gasteiger partial charge in [-0.15, -0.1) is 0 Å². The number of likely N-dealkylation sites (N-methyl/N-ethyl adjacent to an activating group) is 2. The van der Waals surface area contributed by atoms with E-state index in [-0.39, 0.29) is 16.7 Å². The fourth-order valence-corrected chi connectivity index (χ4v) is 22.2. The zero-order valence-corrected chi connectivity index (χ0v) is 93.1. The molecule has 12 aromatic rings. The number of morpholine rings is 1. The van der Waals surface area contributed by atoms with Gasteiger partial charge >= 0.3 is 0 Å². The number of methoxy groups -OCH3 is 4. The number of anilines is 18. The summed E-state index contributed by atoms with van der Waals surface area (Å²) >= 11 is 15.0. The highest BCUT2D eigenvalue weighted by atomic mass is 127. The summed E-state index contributed by atoms with van der Waals surface area (Å²) in [5.41, 5.74) is 8.58. The average molecular weight is 2240 g/mol. The summed E-state index contributed by atoms with van der Waals surface area (Å²) in [6.45, 7) is 34.0. The molecule has 42 heteroatoms. The van der Waals surface area contributed by atoms with Crippen LogP contribution in [0.25, 0.3) is 0 Å². The molecule has 9 heterocycles. The monoisotopic (exact) mass is 2230 g/mol. The highest BCUT2D eigenvalue weighted by Gasteiger charge is 2.32. The van der Waals surface area contributed by atoms with Gasteiger partial charge in [0.1, 0.15) is 66.0 Å². The zero-order valence-electron chi connectivity index (χ0n) is 85.9. The van der Waals surface area contributed by atoms with Crippen LogP contribution in [0.2, 0.25) is 10.0 Å². The molecule has 8 N–H and O–H groups in total. The van der Waals surface area contributed by atoms with Crippen molar-refractivity contribution in [2.24, 2.45) is 0 Å². The lowest BCUT2D eigenvalue weighted by molar-refractivity contribution is 0.0358. The Balaban J connectivity index is 0.000000156. The van der Waals surface area contributed by atoms with Crippen LogP contribution in [0.5, 0.6) is 28.7 Å². The number of para-hydroxylation sites is 3. The van der Waals surface area contributed by atoms with Crippen molar-refractivity contribution < 1.29 is 54.9 Å². The molecule has 5 aliphatic rings. The van der Waals surface area contributed by atoms with E-state index in [1.807, 2.05) is 116 Å². The maximum absolute atomic E-state index is 14.7. The summed E-state index contributed by atoms with van der Waals surface area (Å²) in [5.74, 6) is 5.32. The Bertz CT molecular complexity index is 6730. The van der Waals surface area contributed by atoms with Gasteiger partial charge in [0, 0.05) is 177 Å². The van der Waals surface area contributed by atoms with Crippen molar-refractivity contribution in [3.8, 4) is 28.7 Å². The van der Waals surface area contributed by atoms with Gasteiger partial charge in [0.15, 0.2) is 33.1 Å². The second kappa shape index (κ2) is 51.8. The lowest BCUT2D eigenvalue weighted by Gasteiger charge is -2.42. The molecule has 0 saturated carbocycles. The minimum absolute atomic E-state index is 0.0199. The lowest BCUT2D eigenvalue weighted by Crippen LogP contribution is -2.52. The minimum atomic E-state index is -3.46. The van der Waals surface area contributed by atoms with Crippen LogP contribution < -0.4 is 91.9 Å². The summed E-state index contributed by atoms with van der Waals surface area (Å²) in [4.78, 5) is 52.8. The number of piperidine rings is 2. The van der Waals surface area contributed by atoms with Crippen molar-refractivity contribution in [2.45, 2.75) is 75.1 Å². The van der Waals surface area contributed by atoms with Crippen molar-refractivity contribution >= 4 is 197 Å². The molecule has 8 aromatic carbocycles. The molecule has 0 aliphatic carbocycles. The van der Waals surface area contributed by atoms with Gasteiger partial charge < -0.3 is 104 Å². The number of ether oxygens (including phenoxy) is 6. The van der Waals surface area contributed by atoms with Gasteiger partial charge in [-0.3, -0.25) is 14.7 Å². The number of benzene rings is 8. The predicted molar refractivity (Wildman–Crippen MR) is 605 cm³/mol. The topological polar surface area (TPSA) is 363 Å². The highest BCUT2D eigenvalue weighted by molar-refractivity contribution is 14.1. The summed E-state index contributed by atoms with van der Waals surface area (Å²) in [6.07, 6.45) is 11.5. The fraction of sp³-hybridized carbons (Fsp3) is 0.390. The van der Waals surface area contributed by atoms with E-state index >= 15 is 0 Å². The molecule has 0 amide bonds. The number of aryl methyl sites for hydroxylation is 1. The Kier molecular flexibility index (Phi) is 39.2. The fourth-order valence-electron chi connectivity index (χ4n) is 17.4. The average Bonchev–Trinajstić information content (AvgIpc) is 0.795. The first-order valence-electron chi connectivity index (χ1n) is 49.0. The molecule has 0 unspecified atom stereocenters. The number of nitrogens with one attached hydrogen (secondary N) is 8. The first kappa shape index (κ1) is 111. The van der Waals surface area contributed by atoms with E-state index in [1.54, 1.807) is 130 Å². The number of sulfone groups is 1. The standard InChI is InChI=1S/C30H41FN7O3P.C27H33ClIN7O.C26H33ClN5O4P.C22H27N4O3PS/c1-36-14-16-38(17-15-36)21-10-12-37(13-11-21)22-6-8-26(27(18-22)40-2)34-30-32-20-24(31)29(35-30)33-25-9-7-23(42(4,5)39)19-28(25)41-3;1-34-13-15-36(16-14-34)19-9-11-35(12-10-19)20-7-8-24(25(17-20)37-2)32-27-30-18-21(28)26(33-27)31-23-6-4-3-5-22(23)29;1-34-23-17-19(36-14-6-11-32-12-15-35-16-13-32)9-10-21(23)30-26-28-18-20(27)25(31-26)29-22-7-4-5-8-24(22)37(2,3)33;1-15(2)31(28,29)20-9-7-6-8-19(20)25-21-16(3)14-23-22(26-21)24-17-10-12-18(13-11-17)30(4,5)27/h6-9,18-21H,10-17H2,1-5H3,(H2,32,33,34,35);3-8,17-19H,9-16H2,1-2H3,(H2,30,31,32,33);4-5,7-10,17-18H,6,11-16H2,1-3H3,(H2,28,29,30,31);6-15H,1-5H3,(H2,23,24,25,26). The summed E-state index contributed by atoms with van der Waals surface area (Å²) in [7, 11) is 0.0693. The van der Waals surface area contributed by atoms with Crippen molar-refractivity contribution in [3.63, 3.8) is 0 Å². The number of aromatic nitrogens is 8. The molecule has 0 spiro atoms. The molecule has 34 nitrogen and oxygen atoms in total. The number of rotatable bonds is 34. The van der Waals surface area contributed by atoms with Crippen LogP contribution in [-0.4, -0.2) is 291 Å². The van der Waals surface area contributed by atoms with Crippen molar-refractivity contribution in [1.82, 2.24) is 64.4 Å². The normalized spacial score (nSPS) is 15.5. The SMILES string of the molecule is COc1cc(N2CCC(N3CCN(C)CC3)CC2)ccc1Nc1ncc(Cl)c(Nc2ccccc2I)n1.COc1cc(N2CCC(N3CCN(C)CC3)CC2)ccc1Nc1ncc(F)c(Nc2ccc(P(C)(C)=O)cc2OC)n1.COc1cc(OCCCN2CCOCC2)ccc1Nc1ncc(Cl)c(Nc2ccccc2P(C)(C)=O)n1.Cc1cnc(Nc2ccc(P(C)(C)=O)cc2)nc1Nc1ccccc1S(=O)(=O)C(C)C. The third kappa shape index (κ3) is 31.0. The second-order valence-corrected chi connectivity index (χ2v) is 51.9. The molecule has 4 aromatic heterocycles. The molecule has 147 heavy (non-hydrogen) atoms. The quantitative estimate of drug-likeness (QED) is 0.0105. The Morgan fingerprint density at radius 2 is 0.871 bits per heavy atom. The number of halogens is 4. The minimum Gasteiger partial charge on any atom is -0.495 e. The Labute approximate surface area is 886 Å². The molecule has 5 saturated heterocycles. The number of hydrogen-bond donors (Lipinski definition) is 8. The molecule has 784 valence electrons. The van der Waals surface area contributed by atoms with Gasteiger partial charge in [0.2, 0.25) is 23.8 Å². The number of nitrogens with zero attached hydrogens (tertiary/aromatic N) is 15. The van der Waals surface area contributed by atoms with Gasteiger partial charge in [-0.1, -0.05) is 59.6 Å². The van der Waals surface area contributed by atoms with Crippen molar-refractivity contribution in [3.05, 3.63) is 220 Å². The van der Waals surface area contributed by atoms with Gasteiger partial charge in [-0.25, -0.2) is 32.7 Å². The maximum Gasteiger partial charge on any atom is 0.229 e. The Morgan fingerprint density at radius 3 is 1.39 bits per heavy atom. The third-order valence-corrected chi connectivity index (χ3v) is 34.3. The van der Waals surface area contributed by atoms with Gasteiger partial charge in [-0.05, 0) is 245 Å². The second-order valence-electron chi connectivity index (χ2n) is 37.9. The van der Waals surface area contributed by atoms with Crippen LogP contribution >= 0.6 is 67.2 Å². The molecule has 0 atom stereocenters. The Morgan fingerprint density at radius 1 is 0.449 bits per heavy atom. The van der Waals surface area contributed by atoms with Gasteiger partial charge in [0.25, 0.3) is 0 Å². The van der Waals surface area contributed by atoms with E-state index < -0.39 is 42.3 Å². The Hall–Kier alpha value is -11.3. The van der Waals surface area contributed by atoms with Crippen molar-refractivity contribution in [1.29, 1.82) is 0 Å². The highest BCUT2D eigenvalue weighted by Crippen LogP contribution is 2.44. The van der Waals surface area contributed by atoms with Gasteiger partial charge in [-0.2, -0.15) is 19.9 Å². The molecule has 0 radical (unpaired) electrons. The predicted octanol–water partition coefficient (Wildman–Crippen LogP) is 19.7. The van der Waals surface area contributed by atoms with Gasteiger partial charge in [0.05, 0.1) is 117 Å². The van der Waals surface area contributed by atoms with Crippen LogP contribution in [0.15, 0.2) is 200 Å². The summed E-state index contributed by atoms with van der Waals surface area (Å²) in [5, 5.41) is 27.9. The molecular weight excluding hydrogens is 2100 g/mol. The summed E-state index contributed by atoms with van der Waals surface area (Å²) in [6, 6.07) is 53.9. The van der Waals surface area contributed by atoms with E-state index in [2.05, 4.69) is 172 Å². The third-order valence-electron chi connectivity index (χ3n) is 26.0. The number of piperazine rings is 2. The van der Waals surface area contributed by atoms with Crippen LogP contribution in [0, 0.1) is 16.3 Å². The van der Waals surface area contributed by atoms with Crippen LogP contribution in [0.3, 0.4) is 0 Å².